The van der Waals surface area contributed by atoms with Crippen LogP contribution in [0.2, 0.25) is 0 Å². The molecule has 0 atom stereocenters. The van der Waals surface area contributed by atoms with Crippen LogP contribution in [0.25, 0.3) is 0 Å². The molecule has 0 aliphatic carbocycles. The van der Waals surface area contributed by atoms with E-state index in [1.165, 1.54) is 15.6 Å². The van der Waals surface area contributed by atoms with Gasteiger partial charge in [-0.1, -0.05) is 0 Å². The summed E-state index contributed by atoms with van der Waals surface area (Å²) in [5, 5.41) is 0. The summed E-state index contributed by atoms with van der Waals surface area (Å²) >= 11 is 1.20. The second kappa shape index (κ2) is 6.10. The Labute approximate surface area is 123 Å². The van der Waals surface area contributed by atoms with Gasteiger partial charge < -0.3 is 0 Å². The molecule has 0 radical (unpaired) electrons. The second-order valence-corrected chi connectivity index (χ2v) is 10.1. The molecule has 0 saturated carbocycles. The van der Waals surface area contributed by atoms with Crippen molar-refractivity contribution in [3.05, 3.63) is 17.0 Å². The average molecular weight is 338 g/mol. The standard InChI is InChI=1S/C11H18N2O4S3/c1-10-4-5-11(18-10)20(16,17)12-6-8-13-7-2-3-9-19(13,14)15/h4-5,12H,2-3,6-9H2,1H3. The van der Waals surface area contributed by atoms with Crippen molar-refractivity contribution in [2.45, 2.75) is 24.0 Å². The SMILES string of the molecule is Cc1ccc(S(=O)(=O)NCCN2CCCCS2(=O)=O)s1. The first kappa shape index (κ1) is 15.9. The number of nitrogens with one attached hydrogen (secondary N) is 1. The largest absolute Gasteiger partial charge is 0.250 e. The van der Waals surface area contributed by atoms with Crippen molar-refractivity contribution in [2.75, 3.05) is 25.4 Å². The Hall–Kier alpha value is -0.480. The molecule has 1 saturated heterocycles. The number of nitrogens with zero attached hydrogens (tertiary/aromatic N) is 1. The molecule has 0 unspecified atom stereocenters. The number of thiophene rings is 1. The van der Waals surface area contributed by atoms with Crippen molar-refractivity contribution in [3.63, 3.8) is 0 Å². The van der Waals surface area contributed by atoms with Gasteiger partial charge in [0, 0.05) is 24.5 Å². The highest BCUT2D eigenvalue weighted by molar-refractivity contribution is 7.91. The van der Waals surface area contributed by atoms with Gasteiger partial charge in [-0.3, -0.25) is 0 Å². The first-order chi connectivity index (χ1) is 9.31. The Balaban J connectivity index is 1.93. The Morgan fingerprint density at radius 1 is 1.35 bits per heavy atom. The molecule has 2 rings (SSSR count). The van der Waals surface area contributed by atoms with Crippen molar-refractivity contribution >= 4 is 31.4 Å². The molecule has 0 amide bonds. The molecule has 9 heteroatoms. The predicted octanol–water partition coefficient (Wildman–Crippen LogP) is 0.760. The number of rotatable bonds is 5. The molecule has 1 fully saturated rings. The molecule has 0 aromatic carbocycles. The zero-order valence-corrected chi connectivity index (χ0v) is 13.7. The van der Waals surface area contributed by atoms with Gasteiger partial charge in [0.1, 0.15) is 4.21 Å². The quantitative estimate of drug-likeness (QED) is 0.859. The van der Waals surface area contributed by atoms with Gasteiger partial charge in [-0.05, 0) is 31.9 Å². The molecule has 1 aromatic heterocycles. The van der Waals surface area contributed by atoms with E-state index in [4.69, 9.17) is 0 Å². The summed E-state index contributed by atoms with van der Waals surface area (Å²) < 4.78 is 51.6. The normalized spacial score (nSPS) is 20.1. The predicted molar refractivity (Wildman–Crippen MR) is 78.8 cm³/mol. The minimum Gasteiger partial charge on any atom is -0.212 e. The van der Waals surface area contributed by atoms with Crippen molar-refractivity contribution in [2.24, 2.45) is 0 Å². The number of hydrogen-bond acceptors (Lipinski definition) is 5. The van der Waals surface area contributed by atoms with Crippen LogP contribution >= 0.6 is 11.3 Å². The van der Waals surface area contributed by atoms with Crippen LogP contribution in [-0.4, -0.2) is 46.5 Å². The highest BCUT2D eigenvalue weighted by Gasteiger charge is 2.25. The maximum Gasteiger partial charge on any atom is 0.250 e. The summed E-state index contributed by atoms with van der Waals surface area (Å²) in [5.41, 5.74) is 0. The fraction of sp³-hybridized carbons (Fsp3) is 0.636. The molecule has 6 nitrogen and oxygen atoms in total. The minimum absolute atomic E-state index is 0.0957. The zero-order chi connectivity index (χ0) is 14.8. The number of aryl methyl sites for hydroxylation is 1. The summed E-state index contributed by atoms with van der Waals surface area (Å²) in [6, 6.07) is 3.30. The lowest BCUT2D eigenvalue weighted by Crippen LogP contribution is -2.42. The Bertz CT molecular complexity index is 664. The number of sulfonamides is 2. The molecule has 0 spiro atoms. The lowest BCUT2D eigenvalue weighted by atomic mass is 10.3. The lowest BCUT2D eigenvalue weighted by molar-refractivity contribution is 0.386. The topological polar surface area (TPSA) is 83.6 Å². The summed E-state index contributed by atoms with van der Waals surface area (Å²) in [6.45, 7) is 2.59. The number of hydrogen-bond donors (Lipinski definition) is 1. The molecule has 1 aliphatic heterocycles. The van der Waals surface area contributed by atoms with Crippen LogP contribution in [0.3, 0.4) is 0 Å². The minimum atomic E-state index is -3.53. The van der Waals surface area contributed by atoms with Crippen molar-refractivity contribution in [1.82, 2.24) is 9.03 Å². The second-order valence-electron chi connectivity index (χ2n) is 4.69. The van der Waals surface area contributed by atoms with Gasteiger partial charge in [0.05, 0.1) is 5.75 Å². The highest BCUT2D eigenvalue weighted by Crippen LogP contribution is 2.20. The smallest absolute Gasteiger partial charge is 0.212 e. The van der Waals surface area contributed by atoms with E-state index in [2.05, 4.69) is 4.72 Å². The Kier molecular flexibility index (Phi) is 4.85. The molecule has 0 bridgehead atoms. The van der Waals surface area contributed by atoms with E-state index >= 15 is 0 Å². The van der Waals surface area contributed by atoms with E-state index in [0.29, 0.717) is 13.0 Å². The lowest BCUT2D eigenvalue weighted by Gasteiger charge is -2.26. The highest BCUT2D eigenvalue weighted by atomic mass is 32.2. The van der Waals surface area contributed by atoms with Crippen LogP contribution in [0.4, 0.5) is 0 Å². The molecule has 2 heterocycles. The van der Waals surface area contributed by atoms with E-state index in [1.807, 2.05) is 6.92 Å². The third kappa shape index (κ3) is 3.79. The average Bonchev–Trinajstić information content (AvgIpc) is 2.78. The molecule has 1 aliphatic rings. The van der Waals surface area contributed by atoms with Gasteiger partial charge >= 0.3 is 0 Å². The van der Waals surface area contributed by atoms with E-state index in [1.54, 1.807) is 12.1 Å². The van der Waals surface area contributed by atoms with Gasteiger partial charge in [-0.2, -0.15) is 0 Å². The third-order valence-electron chi connectivity index (χ3n) is 3.09. The summed E-state index contributed by atoms with van der Waals surface area (Å²) in [4.78, 5) is 0.920. The van der Waals surface area contributed by atoms with E-state index < -0.39 is 20.0 Å². The molecular weight excluding hydrogens is 320 g/mol. The van der Waals surface area contributed by atoms with E-state index in [9.17, 15) is 16.8 Å². The van der Waals surface area contributed by atoms with Crippen LogP contribution in [0.5, 0.6) is 0 Å². The fourth-order valence-electron chi connectivity index (χ4n) is 2.02. The summed E-state index contributed by atoms with van der Waals surface area (Å²) in [5.74, 6) is 0.157. The van der Waals surface area contributed by atoms with Crippen molar-refractivity contribution < 1.29 is 16.8 Å². The third-order valence-corrected chi connectivity index (χ3v) is 8.00. The van der Waals surface area contributed by atoms with Gasteiger partial charge in [0.25, 0.3) is 0 Å². The molecule has 1 aromatic rings. The van der Waals surface area contributed by atoms with Gasteiger partial charge in [-0.25, -0.2) is 25.9 Å². The van der Waals surface area contributed by atoms with E-state index in [0.717, 1.165) is 11.3 Å². The summed E-state index contributed by atoms with van der Waals surface area (Å²) in [6.07, 6.45) is 1.51. The molecule has 114 valence electrons. The monoisotopic (exact) mass is 338 g/mol. The first-order valence-electron chi connectivity index (χ1n) is 6.35. The molecule has 1 N–H and O–H groups in total. The maximum atomic E-state index is 12.0. The molecular formula is C11H18N2O4S3. The van der Waals surface area contributed by atoms with Gasteiger partial charge in [0.15, 0.2) is 0 Å². The van der Waals surface area contributed by atoms with E-state index in [-0.39, 0.29) is 23.1 Å². The Morgan fingerprint density at radius 2 is 2.10 bits per heavy atom. The van der Waals surface area contributed by atoms with Crippen LogP contribution in [0.1, 0.15) is 17.7 Å². The Morgan fingerprint density at radius 3 is 2.70 bits per heavy atom. The fourth-order valence-corrected chi connectivity index (χ4v) is 5.98. The van der Waals surface area contributed by atoms with Gasteiger partial charge in [-0.15, -0.1) is 11.3 Å². The van der Waals surface area contributed by atoms with Crippen molar-refractivity contribution in [1.29, 1.82) is 0 Å². The zero-order valence-electron chi connectivity index (χ0n) is 11.2. The summed E-state index contributed by atoms with van der Waals surface area (Å²) in [7, 11) is -6.73. The van der Waals surface area contributed by atoms with Crippen molar-refractivity contribution in [3.8, 4) is 0 Å². The van der Waals surface area contributed by atoms with Crippen LogP contribution in [0.15, 0.2) is 16.3 Å². The first-order valence-corrected chi connectivity index (χ1v) is 10.3. The maximum absolute atomic E-state index is 12.0. The van der Waals surface area contributed by atoms with Crippen LogP contribution in [0, 0.1) is 6.92 Å². The molecule has 20 heavy (non-hydrogen) atoms. The van der Waals surface area contributed by atoms with Gasteiger partial charge in [0.2, 0.25) is 20.0 Å². The van der Waals surface area contributed by atoms with Crippen LogP contribution < -0.4 is 4.72 Å². The van der Waals surface area contributed by atoms with Crippen LogP contribution in [-0.2, 0) is 20.0 Å².